The molecule has 1 saturated heterocycles. The number of nitrogens with two attached hydrogens (primary N) is 1. The molecule has 1 aliphatic heterocycles. The second kappa shape index (κ2) is 14.7. The van der Waals surface area contributed by atoms with Gasteiger partial charge in [-0.2, -0.15) is 0 Å². The molecule has 238 valence electrons. The SMILES string of the molecule is COC[C@H](C)COCc1ccc([C@@]2(O)CCN(C(=O)OC(C)(C)C)C[C@@H]2c2ccc(-c3ccccc3CCN)cc2C)cc1. The van der Waals surface area contributed by atoms with Gasteiger partial charge in [-0.1, -0.05) is 73.7 Å². The average molecular weight is 603 g/mol. The number of aryl methyl sites for hydroxylation is 1. The highest BCUT2D eigenvalue weighted by molar-refractivity contribution is 5.70. The molecule has 1 amide bonds. The lowest BCUT2D eigenvalue weighted by atomic mass is 9.71. The van der Waals surface area contributed by atoms with E-state index in [0.29, 0.717) is 51.8 Å². The molecule has 7 nitrogen and oxygen atoms in total. The van der Waals surface area contributed by atoms with Crippen LogP contribution in [0.3, 0.4) is 0 Å². The molecule has 1 fully saturated rings. The number of ether oxygens (including phenoxy) is 3. The number of carbonyl (C=O) groups is 1. The second-order valence-corrected chi connectivity index (χ2v) is 13.2. The highest BCUT2D eigenvalue weighted by atomic mass is 16.6. The van der Waals surface area contributed by atoms with Crippen molar-refractivity contribution < 1.29 is 24.1 Å². The van der Waals surface area contributed by atoms with E-state index in [9.17, 15) is 9.90 Å². The van der Waals surface area contributed by atoms with Gasteiger partial charge in [0.1, 0.15) is 5.60 Å². The third kappa shape index (κ3) is 8.27. The first-order chi connectivity index (χ1) is 20.9. The fourth-order valence-electron chi connectivity index (χ4n) is 6.15. The number of rotatable bonds is 11. The fourth-order valence-corrected chi connectivity index (χ4v) is 6.15. The van der Waals surface area contributed by atoms with Crippen LogP contribution in [0.5, 0.6) is 0 Å². The molecule has 3 aromatic carbocycles. The van der Waals surface area contributed by atoms with E-state index in [2.05, 4.69) is 44.2 Å². The van der Waals surface area contributed by atoms with Gasteiger partial charge in [0.15, 0.2) is 0 Å². The zero-order valence-corrected chi connectivity index (χ0v) is 27.3. The fraction of sp³-hybridized carbons (Fsp3) is 0.486. The summed E-state index contributed by atoms with van der Waals surface area (Å²) >= 11 is 0. The molecule has 0 bridgehead atoms. The van der Waals surface area contributed by atoms with E-state index in [1.54, 1.807) is 12.0 Å². The van der Waals surface area contributed by atoms with Crippen LogP contribution in [0, 0.1) is 12.8 Å². The van der Waals surface area contributed by atoms with Crippen molar-refractivity contribution >= 4 is 6.09 Å². The summed E-state index contributed by atoms with van der Waals surface area (Å²) in [4.78, 5) is 14.9. The number of piperidine rings is 1. The summed E-state index contributed by atoms with van der Waals surface area (Å²) < 4.78 is 16.8. The largest absolute Gasteiger partial charge is 0.444 e. The van der Waals surface area contributed by atoms with Crippen molar-refractivity contribution in [3.05, 3.63) is 94.5 Å². The minimum Gasteiger partial charge on any atom is -0.444 e. The number of likely N-dealkylation sites (tertiary alicyclic amines) is 1. The maximum Gasteiger partial charge on any atom is 0.410 e. The lowest BCUT2D eigenvalue weighted by Gasteiger charge is -2.45. The molecule has 7 heteroatoms. The van der Waals surface area contributed by atoms with E-state index in [-0.39, 0.29) is 12.0 Å². The number of methoxy groups -OCH3 is 1. The Morgan fingerprint density at radius 3 is 2.48 bits per heavy atom. The van der Waals surface area contributed by atoms with Crippen LogP contribution in [-0.2, 0) is 32.8 Å². The molecule has 3 aromatic rings. The van der Waals surface area contributed by atoms with E-state index < -0.39 is 11.2 Å². The Hall–Kier alpha value is -3.23. The number of hydrogen-bond acceptors (Lipinski definition) is 6. The summed E-state index contributed by atoms with van der Waals surface area (Å²) in [5, 5.41) is 12.5. The molecule has 4 rings (SSSR count). The number of amides is 1. The van der Waals surface area contributed by atoms with Crippen molar-refractivity contribution in [3.8, 4) is 11.1 Å². The van der Waals surface area contributed by atoms with E-state index in [1.165, 1.54) is 5.56 Å². The van der Waals surface area contributed by atoms with Gasteiger partial charge < -0.3 is 30.0 Å². The molecule has 0 unspecified atom stereocenters. The Labute approximate surface area is 263 Å². The van der Waals surface area contributed by atoms with Gasteiger partial charge in [0, 0.05) is 32.0 Å². The molecular formula is C37H50N2O5. The van der Waals surface area contributed by atoms with E-state index in [1.807, 2.05) is 57.2 Å². The van der Waals surface area contributed by atoms with Gasteiger partial charge in [-0.25, -0.2) is 4.79 Å². The first kappa shape index (κ1) is 33.7. The Morgan fingerprint density at radius 2 is 1.82 bits per heavy atom. The van der Waals surface area contributed by atoms with Crippen LogP contribution in [0.1, 0.15) is 67.9 Å². The number of aliphatic hydroxyl groups is 1. The van der Waals surface area contributed by atoms with Crippen LogP contribution >= 0.6 is 0 Å². The summed E-state index contributed by atoms with van der Waals surface area (Å²) in [6.45, 7) is 12.9. The topological polar surface area (TPSA) is 94.2 Å². The molecule has 1 heterocycles. The zero-order valence-electron chi connectivity index (χ0n) is 27.3. The maximum absolute atomic E-state index is 13.2. The monoisotopic (exact) mass is 602 g/mol. The summed E-state index contributed by atoms with van der Waals surface area (Å²) in [5.74, 6) is -0.0335. The number of hydrogen-bond donors (Lipinski definition) is 2. The lowest BCUT2D eigenvalue weighted by Crippen LogP contribution is -2.51. The number of nitrogens with zero attached hydrogens (tertiary/aromatic N) is 1. The highest BCUT2D eigenvalue weighted by Gasteiger charge is 2.46. The van der Waals surface area contributed by atoms with Gasteiger partial charge in [0.2, 0.25) is 0 Å². The van der Waals surface area contributed by atoms with Crippen LogP contribution < -0.4 is 5.73 Å². The third-order valence-electron chi connectivity index (χ3n) is 8.36. The van der Waals surface area contributed by atoms with Crippen LogP contribution in [-0.4, -0.2) is 61.7 Å². The van der Waals surface area contributed by atoms with Gasteiger partial charge in [0.05, 0.1) is 25.4 Å². The van der Waals surface area contributed by atoms with Crippen LogP contribution in [0.4, 0.5) is 4.79 Å². The lowest BCUT2D eigenvalue weighted by molar-refractivity contribution is -0.0529. The molecule has 0 saturated carbocycles. The zero-order chi connectivity index (χ0) is 31.9. The molecule has 0 aliphatic carbocycles. The van der Waals surface area contributed by atoms with Crippen molar-refractivity contribution in [2.45, 2.75) is 71.2 Å². The minimum atomic E-state index is -1.17. The Kier molecular flexibility index (Phi) is 11.2. The molecule has 1 aliphatic rings. The highest BCUT2D eigenvalue weighted by Crippen LogP contribution is 2.45. The van der Waals surface area contributed by atoms with Crippen LogP contribution in [0.25, 0.3) is 11.1 Å². The second-order valence-electron chi connectivity index (χ2n) is 13.2. The van der Waals surface area contributed by atoms with Gasteiger partial charge >= 0.3 is 6.09 Å². The quantitative estimate of drug-likeness (QED) is 0.258. The molecule has 3 atom stereocenters. The van der Waals surface area contributed by atoms with E-state index >= 15 is 0 Å². The van der Waals surface area contributed by atoms with Gasteiger partial charge in [-0.05, 0) is 86.0 Å². The molecule has 0 spiro atoms. The molecule has 3 N–H and O–H groups in total. The Balaban J connectivity index is 1.65. The van der Waals surface area contributed by atoms with E-state index in [4.69, 9.17) is 19.9 Å². The summed E-state index contributed by atoms with van der Waals surface area (Å²) in [6, 6.07) is 22.8. The number of benzene rings is 3. The maximum atomic E-state index is 13.2. The van der Waals surface area contributed by atoms with Crippen molar-refractivity contribution in [1.29, 1.82) is 0 Å². The van der Waals surface area contributed by atoms with E-state index in [0.717, 1.165) is 39.8 Å². The Bertz CT molecular complexity index is 1380. The van der Waals surface area contributed by atoms with Crippen molar-refractivity contribution in [2.24, 2.45) is 11.7 Å². The van der Waals surface area contributed by atoms with Crippen molar-refractivity contribution in [1.82, 2.24) is 4.90 Å². The first-order valence-electron chi connectivity index (χ1n) is 15.7. The standard InChI is InChI=1S/C37H50N2O5/c1-26(23-42-6)24-43-25-28-11-14-31(15-12-28)37(41)18-20-39(35(40)44-36(3,4)5)22-34(37)32-16-13-30(21-27(32)2)33-10-8-7-9-29(33)17-19-38/h7-16,21,26,34,41H,17-20,22-25,38H2,1-6H3/t26-,34+,37-/m0/s1. The molecular weight excluding hydrogens is 552 g/mol. The minimum absolute atomic E-state index is 0.319. The summed E-state index contributed by atoms with van der Waals surface area (Å²) in [6.07, 6.45) is 0.837. The predicted octanol–water partition coefficient (Wildman–Crippen LogP) is 6.57. The summed E-state index contributed by atoms with van der Waals surface area (Å²) in [7, 11) is 1.70. The molecule has 44 heavy (non-hydrogen) atoms. The molecule has 0 radical (unpaired) electrons. The molecule has 0 aromatic heterocycles. The first-order valence-corrected chi connectivity index (χ1v) is 15.7. The predicted molar refractivity (Wildman–Crippen MR) is 176 cm³/mol. The van der Waals surface area contributed by atoms with Crippen molar-refractivity contribution in [3.63, 3.8) is 0 Å². The third-order valence-corrected chi connectivity index (χ3v) is 8.36. The van der Waals surface area contributed by atoms with Crippen molar-refractivity contribution in [2.75, 3.05) is 40.0 Å². The van der Waals surface area contributed by atoms with Gasteiger partial charge in [-0.3, -0.25) is 0 Å². The van der Waals surface area contributed by atoms with Gasteiger partial charge in [0.25, 0.3) is 0 Å². The smallest absolute Gasteiger partial charge is 0.410 e. The van der Waals surface area contributed by atoms with Crippen LogP contribution in [0.2, 0.25) is 0 Å². The normalized spacial score (nSPS) is 19.5. The van der Waals surface area contributed by atoms with Crippen LogP contribution in [0.15, 0.2) is 66.7 Å². The summed E-state index contributed by atoms with van der Waals surface area (Å²) in [5.41, 5.74) is 11.6. The average Bonchev–Trinajstić information content (AvgIpc) is 2.97. The Morgan fingerprint density at radius 1 is 1.09 bits per heavy atom. The number of carbonyl (C=O) groups excluding carboxylic acids is 1. The van der Waals surface area contributed by atoms with Gasteiger partial charge in [-0.15, -0.1) is 0 Å².